The van der Waals surface area contributed by atoms with Crippen LogP contribution in [0.5, 0.6) is 5.75 Å². The molecular weight excluding hydrogens is 304 g/mol. The number of methoxy groups -OCH3 is 1. The first-order chi connectivity index (χ1) is 10.4. The van der Waals surface area contributed by atoms with Crippen LogP contribution in [0.15, 0.2) is 24.3 Å². The molecule has 116 valence electrons. The molecule has 2 rings (SSSR count). The maximum absolute atomic E-state index is 12.0. The fourth-order valence-electron chi connectivity index (χ4n) is 1.91. The minimum absolute atomic E-state index is 0.132. The van der Waals surface area contributed by atoms with Crippen molar-refractivity contribution in [3.05, 3.63) is 40.3 Å². The third-order valence-electron chi connectivity index (χ3n) is 3.17. The van der Waals surface area contributed by atoms with Crippen LogP contribution in [-0.4, -0.2) is 24.2 Å². The molecule has 0 aliphatic rings. The van der Waals surface area contributed by atoms with Crippen LogP contribution in [0.25, 0.3) is 0 Å². The molecular formula is C15H16N2O4S. The van der Waals surface area contributed by atoms with E-state index in [9.17, 15) is 14.7 Å². The Balaban J connectivity index is 2.12. The summed E-state index contributed by atoms with van der Waals surface area (Å²) in [5.41, 5.74) is 1.38. The smallest absolute Gasteiger partial charge is 0.338 e. The molecule has 0 radical (unpaired) electrons. The Kier molecular flexibility index (Phi) is 4.67. The lowest BCUT2D eigenvalue weighted by Gasteiger charge is -2.08. The number of carboxylic acids is 1. The monoisotopic (exact) mass is 320 g/mol. The van der Waals surface area contributed by atoms with Gasteiger partial charge in [-0.05, 0) is 43.7 Å². The van der Waals surface area contributed by atoms with Crippen LogP contribution < -0.4 is 15.4 Å². The first kappa shape index (κ1) is 15.8. The predicted molar refractivity (Wildman–Crippen MR) is 86.4 cm³/mol. The van der Waals surface area contributed by atoms with E-state index < -0.39 is 12.0 Å². The Morgan fingerprint density at radius 1 is 1.14 bits per heavy atom. The van der Waals surface area contributed by atoms with Gasteiger partial charge >= 0.3 is 12.0 Å². The van der Waals surface area contributed by atoms with Crippen LogP contribution >= 0.6 is 11.3 Å². The molecule has 1 aromatic heterocycles. The number of ether oxygens (including phenoxy) is 1. The molecule has 3 N–H and O–H groups in total. The zero-order valence-electron chi connectivity index (χ0n) is 12.4. The number of anilines is 2. The third-order valence-corrected chi connectivity index (χ3v) is 4.30. The van der Waals surface area contributed by atoms with E-state index >= 15 is 0 Å². The Morgan fingerprint density at radius 2 is 1.77 bits per heavy atom. The third kappa shape index (κ3) is 3.37. The molecule has 1 aromatic carbocycles. The van der Waals surface area contributed by atoms with Crippen LogP contribution in [0.1, 0.15) is 20.8 Å². The molecule has 0 aliphatic carbocycles. The SMILES string of the molecule is COc1ccc(NC(=O)Nc2sc(C)c(C)c2C(=O)O)cc1. The van der Waals surface area contributed by atoms with E-state index in [-0.39, 0.29) is 5.56 Å². The summed E-state index contributed by atoms with van der Waals surface area (Å²) >= 11 is 1.24. The molecule has 2 amide bonds. The van der Waals surface area contributed by atoms with Crippen molar-refractivity contribution in [3.63, 3.8) is 0 Å². The average Bonchev–Trinajstić information content (AvgIpc) is 2.74. The molecule has 1 heterocycles. The number of carboxylic acid groups (broad SMARTS) is 1. The highest BCUT2D eigenvalue weighted by atomic mass is 32.1. The minimum Gasteiger partial charge on any atom is -0.497 e. The van der Waals surface area contributed by atoms with Gasteiger partial charge in [-0.25, -0.2) is 9.59 Å². The van der Waals surface area contributed by atoms with Crippen LogP contribution in [-0.2, 0) is 0 Å². The predicted octanol–water partition coefficient (Wildman–Crippen LogP) is 3.72. The van der Waals surface area contributed by atoms with Gasteiger partial charge in [0.05, 0.1) is 12.7 Å². The number of aryl methyl sites for hydroxylation is 1. The van der Waals surface area contributed by atoms with Crippen molar-refractivity contribution in [1.82, 2.24) is 0 Å². The molecule has 6 nitrogen and oxygen atoms in total. The van der Waals surface area contributed by atoms with Gasteiger partial charge in [0, 0.05) is 10.6 Å². The van der Waals surface area contributed by atoms with Gasteiger partial charge in [-0.15, -0.1) is 11.3 Å². The summed E-state index contributed by atoms with van der Waals surface area (Å²) in [7, 11) is 1.56. The molecule has 0 unspecified atom stereocenters. The van der Waals surface area contributed by atoms with E-state index in [2.05, 4.69) is 10.6 Å². The molecule has 0 saturated heterocycles. The molecule has 0 atom stereocenters. The van der Waals surface area contributed by atoms with Crippen molar-refractivity contribution < 1.29 is 19.4 Å². The molecule has 0 saturated carbocycles. The summed E-state index contributed by atoms with van der Waals surface area (Å²) in [6.45, 7) is 3.54. The van der Waals surface area contributed by atoms with Gasteiger partial charge in [-0.3, -0.25) is 5.32 Å². The van der Waals surface area contributed by atoms with E-state index in [1.165, 1.54) is 11.3 Å². The number of hydrogen-bond acceptors (Lipinski definition) is 4. The lowest BCUT2D eigenvalue weighted by atomic mass is 10.1. The second-order valence-corrected chi connectivity index (χ2v) is 5.82. The van der Waals surface area contributed by atoms with Gasteiger partial charge in [0.25, 0.3) is 0 Å². The molecule has 0 aliphatic heterocycles. The highest BCUT2D eigenvalue weighted by molar-refractivity contribution is 7.16. The average molecular weight is 320 g/mol. The van der Waals surface area contributed by atoms with Crippen molar-refractivity contribution in [2.24, 2.45) is 0 Å². The van der Waals surface area contributed by atoms with E-state index in [4.69, 9.17) is 4.74 Å². The van der Waals surface area contributed by atoms with Gasteiger partial charge in [0.15, 0.2) is 0 Å². The Bertz CT molecular complexity index is 707. The fraction of sp³-hybridized carbons (Fsp3) is 0.200. The Morgan fingerprint density at radius 3 is 2.32 bits per heavy atom. The second kappa shape index (κ2) is 6.48. The number of urea groups is 1. The van der Waals surface area contributed by atoms with Crippen molar-refractivity contribution >= 4 is 34.0 Å². The van der Waals surface area contributed by atoms with E-state index in [1.54, 1.807) is 38.3 Å². The topological polar surface area (TPSA) is 87.7 Å². The number of carbonyl (C=O) groups excluding carboxylic acids is 1. The maximum Gasteiger partial charge on any atom is 0.338 e. The van der Waals surface area contributed by atoms with Crippen molar-refractivity contribution in [2.75, 3.05) is 17.7 Å². The molecule has 0 fully saturated rings. The van der Waals surface area contributed by atoms with Gasteiger partial charge in [-0.2, -0.15) is 0 Å². The van der Waals surface area contributed by atoms with Gasteiger partial charge in [0.1, 0.15) is 10.8 Å². The standard InChI is InChI=1S/C15H16N2O4S/c1-8-9(2)22-13(12(8)14(18)19)17-15(20)16-10-4-6-11(21-3)7-5-10/h4-7H,1-3H3,(H,18,19)(H2,16,17,20). The second-order valence-electron chi connectivity index (χ2n) is 4.60. The summed E-state index contributed by atoms with van der Waals surface area (Å²) in [4.78, 5) is 24.1. The quantitative estimate of drug-likeness (QED) is 0.801. The first-order valence-electron chi connectivity index (χ1n) is 6.47. The highest BCUT2D eigenvalue weighted by Crippen LogP contribution is 2.32. The lowest BCUT2D eigenvalue weighted by Crippen LogP contribution is -2.20. The minimum atomic E-state index is -1.05. The Hall–Kier alpha value is -2.54. The van der Waals surface area contributed by atoms with Gasteiger partial charge in [0.2, 0.25) is 0 Å². The molecule has 0 spiro atoms. The summed E-state index contributed by atoms with van der Waals surface area (Å²) in [6, 6.07) is 6.34. The van der Waals surface area contributed by atoms with Crippen LogP contribution in [0.2, 0.25) is 0 Å². The maximum atomic E-state index is 12.0. The van der Waals surface area contributed by atoms with Gasteiger partial charge in [-0.1, -0.05) is 0 Å². The van der Waals surface area contributed by atoms with E-state index in [0.717, 1.165) is 4.88 Å². The molecule has 22 heavy (non-hydrogen) atoms. The van der Waals surface area contributed by atoms with Crippen LogP contribution in [0.3, 0.4) is 0 Å². The van der Waals surface area contributed by atoms with Gasteiger partial charge < -0.3 is 15.2 Å². The fourth-order valence-corrected chi connectivity index (χ4v) is 2.96. The number of hydrogen-bond donors (Lipinski definition) is 3. The highest BCUT2D eigenvalue weighted by Gasteiger charge is 2.20. The van der Waals surface area contributed by atoms with Crippen molar-refractivity contribution in [3.8, 4) is 5.75 Å². The zero-order chi connectivity index (χ0) is 16.3. The number of carbonyl (C=O) groups is 2. The summed E-state index contributed by atoms with van der Waals surface area (Å²) in [5.74, 6) is -0.370. The van der Waals surface area contributed by atoms with Crippen LogP contribution in [0, 0.1) is 13.8 Å². The number of aromatic carboxylic acids is 1. The van der Waals surface area contributed by atoms with Crippen LogP contribution in [0.4, 0.5) is 15.5 Å². The number of thiophene rings is 1. The number of rotatable bonds is 4. The number of nitrogens with one attached hydrogen (secondary N) is 2. The lowest BCUT2D eigenvalue weighted by molar-refractivity contribution is 0.0697. The molecule has 0 bridgehead atoms. The van der Waals surface area contributed by atoms with Crippen molar-refractivity contribution in [2.45, 2.75) is 13.8 Å². The largest absolute Gasteiger partial charge is 0.497 e. The Labute approximate surface area is 131 Å². The van der Waals surface area contributed by atoms with Crippen molar-refractivity contribution in [1.29, 1.82) is 0 Å². The van der Waals surface area contributed by atoms with E-state index in [1.807, 2.05) is 6.92 Å². The first-order valence-corrected chi connectivity index (χ1v) is 7.29. The number of benzene rings is 1. The summed E-state index contributed by atoms with van der Waals surface area (Å²) in [6.07, 6.45) is 0. The van der Waals surface area contributed by atoms with E-state index in [0.29, 0.717) is 22.0 Å². The normalized spacial score (nSPS) is 10.1. The summed E-state index contributed by atoms with van der Waals surface area (Å²) in [5, 5.41) is 14.8. The molecule has 7 heteroatoms. The number of amides is 2. The zero-order valence-corrected chi connectivity index (χ0v) is 13.2. The summed E-state index contributed by atoms with van der Waals surface area (Å²) < 4.78 is 5.04. The molecule has 2 aromatic rings.